The minimum Gasteiger partial charge on any atom is -0.493 e. The molecular formula is C19H21N3O6. The number of methoxy groups -OCH3 is 2. The van der Waals surface area contributed by atoms with Crippen molar-refractivity contribution in [1.29, 1.82) is 5.26 Å². The number of hydrogen-bond donors (Lipinski definition) is 1. The smallest absolute Gasteiger partial charge is 0.345 e. The van der Waals surface area contributed by atoms with E-state index in [0.717, 1.165) is 0 Å². The molecule has 2 aliphatic rings. The zero-order valence-corrected chi connectivity index (χ0v) is 15.6. The third kappa shape index (κ3) is 3.34. The Morgan fingerprint density at radius 3 is 2.68 bits per heavy atom. The van der Waals surface area contributed by atoms with Gasteiger partial charge in [-0.25, -0.2) is 4.79 Å². The van der Waals surface area contributed by atoms with Crippen LogP contribution in [0, 0.1) is 17.2 Å². The van der Waals surface area contributed by atoms with Crippen LogP contribution in [0.3, 0.4) is 0 Å². The molecule has 0 aromatic heterocycles. The quantitative estimate of drug-likeness (QED) is 0.343. The first kappa shape index (κ1) is 19.5. The van der Waals surface area contributed by atoms with Crippen molar-refractivity contribution >= 4 is 11.9 Å². The van der Waals surface area contributed by atoms with E-state index in [1.807, 2.05) is 0 Å². The topological polar surface area (TPSA) is 124 Å². The number of para-hydroxylation sites is 1. The zero-order valence-electron chi connectivity index (χ0n) is 15.6. The van der Waals surface area contributed by atoms with Gasteiger partial charge in [-0.1, -0.05) is 12.1 Å². The van der Waals surface area contributed by atoms with Crippen molar-refractivity contribution in [3.63, 3.8) is 0 Å². The fraction of sp³-hybridized carbons (Fsp3) is 0.421. The number of carbonyl (C=O) groups excluding carboxylic acids is 2. The van der Waals surface area contributed by atoms with Gasteiger partial charge in [0, 0.05) is 18.7 Å². The van der Waals surface area contributed by atoms with Gasteiger partial charge in [-0.15, -0.1) is 0 Å². The Hall–Kier alpha value is -3.25. The summed E-state index contributed by atoms with van der Waals surface area (Å²) in [5.41, 5.74) is 6.30. The van der Waals surface area contributed by atoms with Gasteiger partial charge >= 0.3 is 5.97 Å². The highest BCUT2D eigenvalue weighted by Crippen LogP contribution is 2.47. The Balaban J connectivity index is 2.14. The van der Waals surface area contributed by atoms with Crippen LogP contribution in [-0.2, 0) is 19.1 Å². The lowest BCUT2D eigenvalue weighted by Crippen LogP contribution is -2.46. The molecule has 0 bridgehead atoms. The number of esters is 1. The van der Waals surface area contributed by atoms with Gasteiger partial charge in [-0.05, 0) is 6.07 Å². The number of nitriles is 1. The molecule has 3 rings (SSSR count). The number of carbonyl (C=O) groups is 2. The summed E-state index contributed by atoms with van der Waals surface area (Å²) >= 11 is 0. The second-order valence-electron chi connectivity index (χ2n) is 6.27. The number of morpholine rings is 1. The number of nitrogens with zero attached hydrogens (tertiary/aromatic N) is 2. The Bertz CT molecular complexity index is 854. The van der Waals surface area contributed by atoms with E-state index in [9.17, 15) is 14.9 Å². The van der Waals surface area contributed by atoms with Gasteiger partial charge in [0.1, 0.15) is 11.5 Å². The molecule has 28 heavy (non-hydrogen) atoms. The van der Waals surface area contributed by atoms with Crippen molar-refractivity contribution in [2.45, 2.75) is 5.92 Å². The molecule has 2 unspecified atom stereocenters. The molecule has 9 heteroatoms. The Morgan fingerprint density at radius 2 is 2.07 bits per heavy atom. The normalized spacial score (nSPS) is 21.7. The highest BCUT2D eigenvalue weighted by Gasteiger charge is 2.45. The van der Waals surface area contributed by atoms with E-state index >= 15 is 0 Å². The highest BCUT2D eigenvalue weighted by atomic mass is 16.6. The fourth-order valence-electron chi connectivity index (χ4n) is 3.44. The third-order valence-electron chi connectivity index (χ3n) is 4.84. The first-order valence-corrected chi connectivity index (χ1v) is 8.72. The van der Waals surface area contributed by atoms with Crippen LogP contribution >= 0.6 is 0 Å². The van der Waals surface area contributed by atoms with Gasteiger partial charge in [0.2, 0.25) is 5.91 Å². The second-order valence-corrected chi connectivity index (χ2v) is 6.27. The largest absolute Gasteiger partial charge is 0.493 e. The highest BCUT2D eigenvalue weighted by molar-refractivity contribution is 5.97. The van der Waals surface area contributed by atoms with Gasteiger partial charge < -0.3 is 29.6 Å². The molecule has 0 aliphatic carbocycles. The minimum absolute atomic E-state index is 0.0589. The van der Waals surface area contributed by atoms with Gasteiger partial charge in [0.15, 0.2) is 17.4 Å². The van der Waals surface area contributed by atoms with Crippen molar-refractivity contribution in [3.05, 3.63) is 35.2 Å². The van der Waals surface area contributed by atoms with Crippen LogP contribution in [0.25, 0.3) is 0 Å². The molecule has 2 N–H and O–H groups in total. The molecule has 1 aromatic rings. The van der Waals surface area contributed by atoms with E-state index in [2.05, 4.69) is 6.07 Å². The van der Waals surface area contributed by atoms with Crippen molar-refractivity contribution in [2.75, 3.05) is 40.5 Å². The van der Waals surface area contributed by atoms with Crippen molar-refractivity contribution in [2.24, 2.45) is 11.7 Å². The van der Waals surface area contributed by atoms with Crippen molar-refractivity contribution < 1.29 is 28.5 Å². The summed E-state index contributed by atoms with van der Waals surface area (Å²) in [7, 11) is 2.74. The van der Waals surface area contributed by atoms with E-state index in [4.69, 9.17) is 24.7 Å². The molecular weight excluding hydrogens is 366 g/mol. The van der Waals surface area contributed by atoms with Crippen LogP contribution in [0.2, 0.25) is 0 Å². The van der Waals surface area contributed by atoms with Crippen molar-refractivity contribution in [3.8, 4) is 17.6 Å². The summed E-state index contributed by atoms with van der Waals surface area (Å²) in [5, 5.41) is 9.87. The van der Waals surface area contributed by atoms with E-state index in [1.165, 1.54) is 14.2 Å². The molecule has 1 aromatic carbocycles. The number of fused-ring (bicyclic) bond motifs is 1. The first-order valence-electron chi connectivity index (χ1n) is 8.72. The summed E-state index contributed by atoms with van der Waals surface area (Å²) in [4.78, 5) is 27.4. The molecule has 9 nitrogen and oxygen atoms in total. The molecule has 1 amide bonds. The SMILES string of the molecule is CO/C(N)=C1/C(=O)Oc2c(OC)cccc2C1C(C#N)C(=O)N1CCOCC1. The summed E-state index contributed by atoms with van der Waals surface area (Å²) in [6.07, 6.45) is 0. The number of nitrogens with two attached hydrogens (primary N) is 1. The van der Waals surface area contributed by atoms with Crippen LogP contribution < -0.4 is 15.2 Å². The van der Waals surface area contributed by atoms with Gasteiger partial charge in [0.25, 0.3) is 0 Å². The maximum atomic E-state index is 13.1. The van der Waals surface area contributed by atoms with Crippen LogP contribution in [0.1, 0.15) is 11.5 Å². The summed E-state index contributed by atoms with van der Waals surface area (Å²) in [6, 6.07) is 7.05. The molecule has 1 fully saturated rings. The van der Waals surface area contributed by atoms with E-state index in [1.54, 1.807) is 23.1 Å². The molecule has 1 saturated heterocycles. The van der Waals surface area contributed by atoms with Gasteiger partial charge in [0.05, 0.1) is 39.4 Å². The van der Waals surface area contributed by atoms with Gasteiger partial charge in [-0.2, -0.15) is 5.26 Å². The maximum Gasteiger partial charge on any atom is 0.345 e. The standard InChI is InChI=1S/C19H21N3O6/c1-25-13-5-3-4-11-14(15(17(21)26-2)19(24)28-16(11)13)12(10-20)18(23)22-6-8-27-9-7-22/h3-5,12,14H,6-9,21H2,1-2H3/b17-15+. The average Bonchev–Trinajstić information content (AvgIpc) is 2.73. The van der Waals surface area contributed by atoms with E-state index in [-0.39, 0.29) is 17.2 Å². The molecule has 0 saturated carbocycles. The number of amides is 1. The minimum atomic E-state index is -1.19. The Labute approximate surface area is 162 Å². The second kappa shape index (κ2) is 8.19. The Morgan fingerprint density at radius 1 is 1.36 bits per heavy atom. The summed E-state index contributed by atoms with van der Waals surface area (Å²) in [5.74, 6) is -3.04. The van der Waals surface area contributed by atoms with Crippen LogP contribution in [0.15, 0.2) is 29.7 Å². The first-order chi connectivity index (χ1) is 13.5. The molecule has 148 valence electrons. The van der Waals surface area contributed by atoms with Crippen LogP contribution in [-0.4, -0.2) is 57.3 Å². The van der Waals surface area contributed by atoms with E-state index < -0.39 is 23.7 Å². The molecule has 0 radical (unpaired) electrons. The lowest BCUT2D eigenvalue weighted by atomic mass is 9.78. The lowest BCUT2D eigenvalue weighted by molar-refractivity contribution is -0.138. The number of rotatable bonds is 4. The van der Waals surface area contributed by atoms with E-state index in [0.29, 0.717) is 37.6 Å². The predicted octanol–water partition coefficient (Wildman–Crippen LogP) is 0.513. The average molecular weight is 387 g/mol. The molecule has 2 heterocycles. The molecule has 2 atom stereocenters. The third-order valence-corrected chi connectivity index (χ3v) is 4.84. The van der Waals surface area contributed by atoms with Crippen LogP contribution in [0.4, 0.5) is 0 Å². The van der Waals surface area contributed by atoms with Crippen LogP contribution in [0.5, 0.6) is 11.5 Å². The molecule has 2 aliphatic heterocycles. The monoisotopic (exact) mass is 387 g/mol. The number of benzene rings is 1. The summed E-state index contributed by atoms with van der Waals surface area (Å²) < 4.78 is 21.0. The Kier molecular flexibility index (Phi) is 5.70. The van der Waals surface area contributed by atoms with Crippen molar-refractivity contribution in [1.82, 2.24) is 4.90 Å². The molecule has 0 spiro atoms. The van der Waals surface area contributed by atoms with Gasteiger partial charge in [-0.3, -0.25) is 4.79 Å². The number of hydrogen-bond acceptors (Lipinski definition) is 8. The lowest BCUT2D eigenvalue weighted by Gasteiger charge is -2.34. The summed E-state index contributed by atoms with van der Waals surface area (Å²) in [6.45, 7) is 1.53. The maximum absolute atomic E-state index is 13.1. The zero-order chi connectivity index (χ0) is 20.3. The predicted molar refractivity (Wildman–Crippen MR) is 96.1 cm³/mol. The number of ether oxygens (including phenoxy) is 4. The fourth-order valence-corrected chi connectivity index (χ4v) is 3.44.